The molecule has 3 nitrogen and oxygen atoms in total. The Bertz CT molecular complexity index is 1120. The van der Waals surface area contributed by atoms with Crippen LogP contribution in [0.4, 0.5) is 30.7 Å². The Morgan fingerprint density at radius 2 is 1.68 bits per heavy atom. The van der Waals surface area contributed by atoms with Gasteiger partial charge >= 0.3 is 18.3 Å². The summed E-state index contributed by atoms with van der Waals surface area (Å²) in [7, 11) is 0. The number of hydrogen-bond acceptors (Lipinski definition) is 2. The van der Waals surface area contributed by atoms with Gasteiger partial charge in [0.15, 0.2) is 0 Å². The first-order chi connectivity index (χ1) is 15.6. The Kier molecular flexibility index (Phi) is 8.31. The van der Waals surface area contributed by atoms with Gasteiger partial charge in [0, 0.05) is 5.56 Å². The lowest BCUT2D eigenvalue weighted by Gasteiger charge is -2.20. The van der Waals surface area contributed by atoms with E-state index in [0.29, 0.717) is 12.1 Å². The van der Waals surface area contributed by atoms with E-state index in [4.69, 9.17) is 33.0 Å². The van der Waals surface area contributed by atoms with Crippen molar-refractivity contribution in [2.75, 3.05) is 6.61 Å². The second kappa shape index (κ2) is 10.3. The lowest BCUT2D eigenvalue weighted by molar-refractivity contribution is -0.140. The highest BCUT2D eigenvalue weighted by atomic mass is 35.5. The smallest absolute Gasteiger partial charge is 0.417 e. The number of rotatable bonds is 7. The SMILES string of the molecule is C=C(OCC)c1c(Cl)cc(C(C=C(F)c2ccc(C(=O)O)c(C(F)(F)F)c2)C(F)(F)F)cc1Cl. The number of carbonyl (C=O) groups is 1. The minimum atomic E-state index is -5.19. The number of allylic oxidation sites excluding steroid dienone is 1. The number of ether oxygens (including phenoxy) is 1. The molecule has 0 saturated heterocycles. The summed E-state index contributed by atoms with van der Waals surface area (Å²) in [4.78, 5) is 11.0. The van der Waals surface area contributed by atoms with Crippen molar-refractivity contribution in [3.05, 3.63) is 80.8 Å². The van der Waals surface area contributed by atoms with E-state index in [9.17, 15) is 35.5 Å². The van der Waals surface area contributed by atoms with E-state index >= 15 is 0 Å². The van der Waals surface area contributed by atoms with Gasteiger partial charge in [-0.25, -0.2) is 9.18 Å². The van der Waals surface area contributed by atoms with E-state index in [2.05, 4.69) is 6.58 Å². The summed E-state index contributed by atoms with van der Waals surface area (Å²) in [5, 5.41) is 8.37. The summed E-state index contributed by atoms with van der Waals surface area (Å²) in [5.41, 5.74) is -4.36. The first kappa shape index (κ1) is 27.5. The molecule has 34 heavy (non-hydrogen) atoms. The van der Waals surface area contributed by atoms with Crippen LogP contribution in [0.15, 0.2) is 43.0 Å². The Balaban J connectivity index is 2.62. The summed E-state index contributed by atoms with van der Waals surface area (Å²) in [6.07, 6.45) is -10.2. The van der Waals surface area contributed by atoms with Gasteiger partial charge in [0.05, 0.1) is 33.3 Å². The van der Waals surface area contributed by atoms with Gasteiger partial charge in [0.2, 0.25) is 0 Å². The quantitative estimate of drug-likeness (QED) is 0.289. The third-order valence-electron chi connectivity index (χ3n) is 4.52. The van der Waals surface area contributed by atoms with Crippen molar-refractivity contribution in [2.24, 2.45) is 0 Å². The fourth-order valence-corrected chi connectivity index (χ4v) is 3.74. The topological polar surface area (TPSA) is 46.5 Å². The maximum Gasteiger partial charge on any atom is 0.417 e. The van der Waals surface area contributed by atoms with Crippen LogP contribution in [0.2, 0.25) is 10.0 Å². The Morgan fingerprint density at radius 1 is 1.12 bits per heavy atom. The van der Waals surface area contributed by atoms with Crippen molar-refractivity contribution in [3.8, 4) is 0 Å². The maximum atomic E-state index is 14.8. The highest BCUT2D eigenvalue weighted by molar-refractivity contribution is 6.37. The molecule has 0 aliphatic heterocycles. The van der Waals surface area contributed by atoms with Crippen LogP contribution in [0.5, 0.6) is 0 Å². The fourth-order valence-electron chi connectivity index (χ4n) is 3.02. The first-order valence-corrected chi connectivity index (χ1v) is 10.0. The van der Waals surface area contributed by atoms with Gasteiger partial charge in [-0.2, -0.15) is 26.3 Å². The normalized spacial score (nSPS) is 13.5. The predicted octanol–water partition coefficient (Wildman–Crippen LogP) is 8.37. The van der Waals surface area contributed by atoms with Crippen molar-refractivity contribution in [1.29, 1.82) is 0 Å². The number of carboxylic acid groups (broad SMARTS) is 1. The van der Waals surface area contributed by atoms with Crippen molar-refractivity contribution < 1.29 is 45.4 Å². The van der Waals surface area contributed by atoms with Crippen LogP contribution in [0.1, 0.15) is 45.5 Å². The second-order valence-corrected chi connectivity index (χ2v) is 7.63. The molecule has 0 spiro atoms. The van der Waals surface area contributed by atoms with Gasteiger partial charge in [-0.15, -0.1) is 0 Å². The zero-order valence-electron chi connectivity index (χ0n) is 17.1. The number of halogens is 9. The predicted molar refractivity (Wildman–Crippen MR) is 113 cm³/mol. The molecule has 184 valence electrons. The van der Waals surface area contributed by atoms with Gasteiger partial charge in [0.25, 0.3) is 0 Å². The van der Waals surface area contributed by atoms with Crippen molar-refractivity contribution in [1.82, 2.24) is 0 Å². The third-order valence-corrected chi connectivity index (χ3v) is 5.11. The molecule has 2 rings (SSSR count). The van der Waals surface area contributed by atoms with E-state index in [0.717, 1.165) is 12.1 Å². The zero-order chi connectivity index (χ0) is 26.0. The molecule has 0 saturated carbocycles. The number of benzene rings is 2. The molecule has 0 aliphatic carbocycles. The number of hydrogen-bond donors (Lipinski definition) is 1. The highest BCUT2D eigenvalue weighted by Gasteiger charge is 2.41. The van der Waals surface area contributed by atoms with Gasteiger partial charge in [-0.3, -0.25) is 0 Å². The largest absolute Gasteiger partial charge is 0.494 e. The fraction of sp³-hybridized carbons (Fsp3) is 0.227. The van der Waals surface area contributed by atoms with Gasteiger partial charge in [0.1, 0.15) is 17.5 Å². The Hall–Kier alpha value is -2.72. The molecule has 0 radical (unpaired) electrons. The minimum absolute atomic E-state index is 0.00692. The zero-order valence-corrected chi connectivity index (χ0v) is 18.6. The standard InChI is InChI=1S/C22H15Cl2F7O3/c1-3-34-10(2)19-16(23)7-12(8-17(19)24)14(21(26,27)28)9-18(25)11-4-5-13(20(32)33)15(6-11)22(29,30)31/h4-9,14H,2-3H2,1H3,(H,32,33). The maximum absolute atomic E-state index is 14.8. The number of aromatic carboxylic acids is 1. The van der Waals surface area contributed by atoms with Crippen LogP contribution in [0.3, 0.4) is 0 Å². The molecular weight excluding hydrogens is 516 g/mol. The second-order valence-electron chi connectivity index (χ2n) is 6.81. The van der Waals surface area contributed by atoms with E-state index in [1.807, 2.05) is 0 Å². The monoisotopic (exact) mass is 530 g/mol. The van der Waals surface area contributed by atoms with Crippen molar-refractivity contribution in [3.63, 3.8) is 0 Å². The van der Waals surface area contributed by atoms with Crippen LogP contribution in [-0.4, -0.2) is 23.9 Å². The summed E-state index contributed by atoms with van der Waals surface area (Å²) in [5.74, 6) is -6.26. The van der Waals surface area contributed by atoms with Crippen LogP contribution < -0.4 is 0 Å². The molecule has 0 fully saturated rings. The summed E-state index contributed by atoms with van der Waals surface area (Å²) >= 11 is 12.1. The van der Waals surface area contributed by atoms with Crippen LogP contribution in [0.25, 0.3) is 11.6 Å². The van der Waals surface area contributed by atoms with E-state index in [1.54, 1.807) is 6.92 Å². The molecule has 0 heterocycles. The van der Waals surface area contributed by atoms with E-state index < -0.39 is 52.3 Å². The van der Waals surface area contributed by atoms with E-state index in [1.165, 1.54) is 0 Å². The first-order valence-electron chi connectivity index (χ1n) is 9.27. The van der Waals surface area contributed by atoms with Crippen LogP contribution in [0, 0.1) is 0 Å². The average Bonchev–Trinajstić information content (AvgIpc) is 2.69. The van der Waals surface area contributed by atoms with Gasteiger partial charge in [-0.05, 0) is 42.8 Å². The Labute approximate surface area is 199 Å². The molecular formula is C22H15Cl2F7O3. The third kappa shape index (κ3) is 6.24. The molecule has 1 N–H and O–H groups in total. The molecule has 2 aromatic carbocycles. The Morgan fingerprint density at radius 3 is 2.12 bits per heavy atom. The number of carboxylic acids is 1. The molecule has 2 aromatic rings. The molecule has 0 bridgehead atoms. The molecule has 1 unspecified atom stereocenters. The number of alkyl halides is 6. The van der Waals surface area contributed by atoms with Crippen LogP contribution in [-0.2, 0) is 10.9 Å². The summed E-state index contributed by atoms with van der Waals surface area (Å²) < 4.78 is 101. The highest BCUT2D eigenvalue weighted by Crippen LogP contribution is 2.43. The minimum Gasteiger partial charge on any atom is -0.494 e. The molecule has 0 aliphatic rings. The molecule has 12 heteroatoms. The van der Waals surface area contributed by atoms with Crippen molar-refractivity contribution >= 4 is 40.8 Å². The summed E-state index contributed by atoms with van der Waals surface area (Å²) in [6, 6.07) is 2.94. The van der Waals surface area contributed by atoms with Gasteiger partial charge < -0.3 is 9.84 Å². The molecule has 0 amide bonds. The van der Waals surface area contributed by atoms with Crippen molar-refractivity contribution in [2.45, 2.75) is 25.2 Å². The molecule has 1 atom stereocenters. The van der Waals surface area contributed by atoms with E-state index in [-0.39, 0.29) is 40.1 Å². The van der Waals surface area contributed by atoms with Crippen LogP contribution >= 0.6 is 23.2 Å². The summed E-state index contributed by atoms with van der Waals surface area (Å²) in [6.45, 7) is 5.38. The molecule has 0 aromatic heterocycles. The van der Waals surface area contributed by atoms with Gasteiger partial charge in [-0.1, -0.05) is 35.8 Å². The average molecular weight is 531 g/mol. The lowest BCUT2D eigenvalue weighted by atomic mass is 9.94. The lowest BCUT2D eigenvalue weighted by Crippen LogP contribution is -2.19.